The first kappa shape index (κ1) is 15.0. The van der Waals surface area contributed by atoms with Crippen molar-refractivity contribution in [3.8, 4) is 0 Å². The average molecular weight is 280 g/mol. The fourth-order valence-electron chi connectivity index (χ4n) is 2.58. The zero-order valence-corrected chi connectivity index (χ0v) is 12.2. The molecule has 20 heavy (non-hydrogen) atoms. The van der Waals surface area contributed by atoms with Crippen LogP contribution in [0.5, 0.6) is 0 Å². The van der Waals surface area contributed by atoms with E-state index in [1.54, 1.807) is 6.20 Å². The van der Waals surface area contributed by atoms with E-state index in [0.717, 1.165) is 18.8 Å². The SMILES string of the molecule is CCC(O)c1cn(CC(=O)NC2CCC(C)CC2)nn1. The van der Waals surface area contributed by atoms with E-state index in [1.807, 2.05) is 6.92 Å². The minimum absolute atomic E-state index is 0.0352. The van der Waals surface area contributed by atoms with Gasteiger partial charge in [-0.25, -0.2) is 4.68 Å². The van der Waals surface area contributed by atoms with Gasteiger partial charge in [0.25, 0.3) is 0 Å². The van der Waals surface area contributed by atoms with Gasteiger partial charge in [0.15, 0.2) is 0 Å². The lowest BCUT2D eigenvalue weighted by Crippen LogP contribution is -2.39. The van der Waals surface area contributed by atoms with Crippen molar-refractivity contribution in [3.63, 3.8) is 0 Å². The molecule has 1 fully saturated rings. The summed E-state index contributed by atoms with van der Waals surface area (Å²) in [6.07, 6.45) is 6.10. The molecule has 1 amide bonds. The second-order valence-corrected chi connectivity index (χ2v) is 5.79. The summed E-state index contributed by atoms with van der Waals surface area (Å²) in [5.74, 6) is 0.739. The number of carbonyl (C=O) groups is 1. The predicted octanol–water partition coefficient (Wildman–Crippen LogP) is 1.42. The number of hydrogen-bond acceptors (Lipinski definition) is 4. The molecular weight excluding hydrogens is 256 g/mol. The summed E-state index contributed by atoms with van der Waals surface area (Å²) in [6, 6.07) is 0.294. The summed E-state index contributed by atoms with van der Waals surface area (Å²) < 4.78 is 1.48. The highest BCUT2D eigenvalue weighted by atomic mass is 16.3. The minimum Gasteiger partial charge on any atom is -0.387 e. The van der Waals surface area contributed by atoms with Crippen LogP contribution in [0.3, 0.4) is 0 Å². The number of hydrogen-bond donors (Lipinski definition) is 2. The number of nitrogens with zero attached hydrogens (tertiary/aromatic N) is 3. The Kier molecular flexibility index (Phi) is 5.11. The van der Waals surface area contributed by atoms with E-state index in [0.29, 0.717) is 18.2 Å². The second kappa shape index (κ2) is 6.83. The average Bonchev–Trinajstić information content (AvgIpc) is 2.89. The van der Waals surface area contributed by atoms with Gasteiger partial charge in [0, 0.05) is 6.04 Å². The van der Waals surface area contributed by atoms with E-state index >= 15 is 0 Å². The van der Waals surface area contributed by atoms with Crippen LogP contribution in [0.2, 0.25) is 0 Å². The first-order valence-corrected chi connectivity index (χ1v) is 7.46. The Hall–Kier alpha value is -1.43. The molecule has 1 aromatic heterocycles. The Balaban J connectivity index is 1.81. The van der Waals surface area contributed by atoms with Crippen LogP contribution in [0, 0.1) is 5.92 Å². The summed E-state index contributed by atoms with van der Waals surface area (Å²) >= 11 is 0. The molecule has 0 saturated heterocycles. The van der Waals surface area contributed by atoms with Crippen LogP contribution in [-0.4, -0.2) is 32.0 Å². The smallest absolute Gasteiger partial charge is 0.242 e. The lowest BCUT2D eigenvalue weighted by molar-refractivity contribution is -0.122. The van der Waals surface area contributed by atoms with Crippen LogP contribution < -0.4 is 5.32 Å². The summed E-state index contributed by atoms with van der Waals surface area (Å²) in [7, 11) is 0. The van der Waals surface area contributed by atoms with Gasteiger partial charge < -0.3 is 10.4 Å². The summed E-state index contributed by atoms with van der Waals surface area (Å²) in [5, 5.41) is 20.5. The normalized spacial score (nSPS) is 24.4. The molecule has 1 aromatic rings. The Labute approximate surface area is 119 Å². The molecule has 112 valence electrons. The van der Waals surface area contributed by atoms with Gasteiger partial charge in [-0.05, 0) is 38.0 Å². The Bertz CT molecular complexity index is 438. The van der Waals surface area contributed by atoms with Crippen molar-refractivity contribution in [1.82, 2.24) is 20.3 Å². The predicted molar refractivity (Wildman–Crippen MR) is 74.8 cm³/mol. The van der Waals surface area contributed by atoms with Gasteiger partial charge in [-0.1, -0.05) is 19.1 Å². The number of aliphatic hydroxyl groups is 1. The van der Waals surface area contributed by atoms with E-state index in [2.05, 4.69) is 22.6 Å². The van der Waals surface area contributed by atoms with E-state index in [1.165, 1.54) is 17.5 Å². The van der Waals surface area contributed by atoms with Crippen molar-refractivity contribution < 1.29 is 9.90 Å². The van der Waals surface area contributed by atoms with E-state index < -0.39 is 6.10 Å². The molecule has 0 aliphatic heterocycles. The fraction of sp³-hybridized carbons (Fsp3) is 0.786. The van der Waals surface area contributed by atoms with Crippen molar-refractivity contribution >= 4 is 5.91 Å². The summed E-state index contributed by atoms with van der Waals surface area (Å²) in [6.45, 7) is 4.30. The molecule has 6 heteroatoms. The largest absolute Gasteiger partial charge is 0.387 e. The molecule has 1 atom stereocenters. The van der Waals surface area contributed by atoms with Crippen LogP contribution in [0.1, 0.15) is 57.7 Å². The van der Waals surface area contributed by atoms with Crippen molar-refractivity contribution in [2.24, 2.45) is 5.92 Å². The van der Waals surface area contributed by atoms with Gasteiger partial charge in [0.2, 0.25) is 5.91 Å². The van der Waals surface area contributed by atoms with Crippen molar-refractivity contribution in [1.29, 1.82) is 0 Å². The highest BCUT2D eigenvalue weighted by Gasteiger charge is 2.20. The Morgan fingerprint density at radius 3 is 2.85 bits per heavy atom. The van der Waals surface area contributed by atoms with E-state index in [4.69, 9.17) is 0 Å². The molecule has 1 aliphatic carbocycles. The van der Waals surface area contributed by atoms with Crippen molar-refractivity contribution in [2.45, 2.75) is 64.6 Å². The molecule has 6 nitrogen and oxygen atoms in total. The van der Waals surface area contributed by atoms with Crippen LogP contribution in [0.4, 0.5) is 0 Å². The first-order chi connectivity index (χ1) is 9.58. The van der Waals surface area contributed by atoms with Crippen LogP contribution in [-0.2, 0) is 11.3 Å². The number of nitrogens with one attached hydrogen (secondary N) is 1. The minimum atomic E-state index is -0.605. The van der Waals surface area contributed by atoms with Gasteiger partial charge in [-0.15, -0.1) is 5.10 Å². The van der Waals surface area contributed by atoms with E-state index in [9.17, 15) is 9.90 Å². The highest BCUT2D eigenvalue weighted by molar-refractivity contribution is 5.75. The number of rotatable bonds is 5. The number of aliphatic hydroxyl groups excluding tert-OH is 1. The molecule has 0 aromatic carbocycles. The third-order valence-electron chi connectivity index (χ3n) is 3.97. The molecule has 1 saturated carbocycles. The number of aromatic nitrogens is 3. The summed E-state index contributed by atoms with van der Waals surface area (Å²) in [5.41, 5.74) is 0.520. The topological polar surface area (TPSA) is 80.0 Å². The third kappa shape index (κ3) is 4.03. The second-order valence-electron chi connectivity index (χ2n) is 5.79. The zero-order chi connectivity index (χ0) is 14.5. The summed E-state index contributed by atoms with van der Waals surface area (Å²) in [4.78, 5) is 11.9. The van der Waals surface area contributed by atoms with E-state index in [-0.39, 0.29) is 12.5 Å². The van der Waals surface area contributed by atoms with Crippen LogP contribution >= 0.6 is 0 Å². The monoisotopic (exact) mass is 280 g/mol. The number of amides is 1. The molecule has 2 rings (SSSR count). The van der Waals surface area contributed by atoms with Crippen LogP contribution in [0.15, 0.2) is 6.20 Å². The first-order valence-electron chi connectivity index (χ1n) is 7.46. The van der Waals surface area contributed by atoms with Gasteiger partial charge in [0.05, 0.1) is 12.3 Å². The van der Waals surface area contributed by atoms with Gasteiger partial charge >= 0.3 is 0 Å². The third-order valence-corrected chi connectivity index (χ3v) is 3.97. The van der Waals surface area contributed by atoms with Crippen molar-refractivity contribution in [2.75, 3.05) is 0 Å². The maximum absolute atomic E-state index is 11.9. The molecule has 1 heterocycles. The molecule has 1 unspecified atom stereocenters. The number of carbonyl (C=O) groups excluding carboxylic acids is 1. The van der Waals surface area contributed by atoms with Crippen molar-refractivity contribution in [3.05, 3.63) is 11.9 Å². The van der Waals surface area contributed by atoms with Gasteiger partial charge in [-0.3, -0.25) is 4.79 Å². The van der Waals surface area contributed by atoms with Crippen LogP contribution in [0.25, 0.3) is 0 Å². The molecule has 1 aliphatic rings. The zero-order valence-electron chi connectivity index (χ0n) is 12.2. The maximum atomic E-state index is 11.9. The highest BCUT2D eigenvalue weighted by Crippen LogP contribution is 2.23. The molecule has 0 radical (unpaired) electrons. The maximum Gasteiger partial charge on any atom is 0.242 e. The quantitative estimate of drug-likeness (QED) is 0.854. The molecular formula is C14H24N4O2. The lowest BCUT2D eigenvalue weighted by atomic mass is 9.87. The van der Waals surface area contributed by atoms with Gasteiger partial charge in [0.1, 0.15) is 12.2 Å². The molecule has 2 N–H and O–H groups in total. The standard InChI is InChI=1S/C14H24N4O2/c1-3-13(19)12-8-18(17-16-12)9-14(20)15-11-6-4-10(2)5-7-11/h8,10-11,13,19H,3-7,9H2,1-2H3,(H,15,20). The lowest BCUT2D eigenvalue weighted by Gasteiger charge is -2.26. The fourth-order valence-corrected chi connectivity index (χ4v) is 2.58. The molecule has 0 bridgehead atoms. The van der Waals surface area contributed by atoms with Gasteiger partial charge in [-0.2, -0.15) is 0 Å². The Morgan fingerprint density at radius 1 is 1.50 bits per heavy atom. The Morgan fingerprint density at radius 2 is 2.20 bits per heavy atom. The molecule has 0 spiro atoms.